The predicted octanol–water partition coefficient (Wildman–Crippen LogP) is 3.71. The van der Waals surface area contributed by atoms with Gasteiger partial charge < -0.3 is 10.2 Å². The molecule has 1 fully saturated rings. The topological polar surface area (TPSA) is 79.6 Å². The second-order valence-corrected chi connectivity index (χ2v) is 7.56. The number of alkyl halides is 1. The van der Waals surface area contributed by atoms with Gasteiger partial charge in [-0.15, -0.1) is 0 Å². The van der Waals surface area contributed by atoms with Crippen LogP contribution < -0.4 is 5.32 Å². The van der Waals surface area contributed by atoms with Crippen LogP contribution in [0.5, 0.6) is 0 Å². The van der Waals surface area contributed by atoms with Crippen molar-refractivity contribution in [3.63, 3.8) is 0 Å². The molecule has 1 N–H and O–H groups in total. The van der Waals surface area contributed by atoms with Crippen molar-refractivity contribution in [1.29, 1.82) is 0 Å². The lowest BCUT2D eigenvalue weighted by Gasteiger charge is -2.28. The Balaban J connectivity index is 1.50. The average Bonchev–Trinajstić information content (AvgIpc) is 3.19. The number of likely N-dealkylation sites (tertiary alicyclic amines) is 1. The van der Waals surface area contributed by atoms with Gasteiger partial charge in [0.15, 0.2) is 5.69 Å². The summed E-state index contributed by atoms with van der Waals surface area (Å²) in [5, 5.41) is 4.68. The van der Waals surface area contributed by atoms with Crippen molar-refractivity contribution >= 4 is 33.8 Å². The molecule has 31 heavy (non-hydrogen) atoms. The van der Waals surface area contributed by atoms with Gasteiger partial charge in [0.2, 0.25) is 5.82 Å². The van der Waals surface area contributed by atoms with Gasteiger partial charge >= 0.3 is 0 Å². The fraction of sp³-hybridized carbons (Fsp3) is 0.217. The third kappa shape index (κ3) is 3.50. The fourth-order valence-corrected chi connectivity index (χ4v) is 3.96. The van der Waals surface area contributed by atoms with Crippen LogP contribution in [0.15, 0.2) is 61.1 Å². The Morgan fingerprint density at radius 3 is 2.74 bits per heavy atom. The normalized spacial score (nSPS) is 14.8. The summed E-state index contributed by atoms with van der Waals surface area (Å²) in [6.45, 7) is 0.681. The zero-order chi connectivity index (χ0) is 21.4. The first-order valence-electron chi connectivity index (χ1n) is 10.2. The number of hydrogen-bond donors (Lipinski definition) is 1. The SMILES string of the molecule is O=C(Nc1cccc2cnccc12)c1nc(C(=O)N2CCC(F)CC2)n2ccccc12. The van der Waals surface area contributed by atoms with Gasteiger partial charge in [-0.2, -0.15) is 0 Å². The van der Waals surface area contributed by atoms with Crippen LogP contribution in [0.2, 0.25) is 0 Å². The highest BCUT2D eigenvalue weighted by Crippen LogP contribution is 2.24. The summed E-state index contributed by atoms with van der Waals surface area (Å²) in [6, 6.07) is 12.7. The number of nitrogens with one attached hydrogen (secondary N) is 1. The molecule has 1 aliphatic rings. The van der Waals surface area contributed by atoms with E-state index >= 15 is 0 Å². The number of pyridine rings is 2. The van der Waals surface area contributed by atoms with Crippen LogP contribution in [0.1, 0.15) is 33.9 Å². The molecule has 0 atom stereocenters. The molecule has 1 aromatic carbocycles. The highest BCUT2D eigenvalue weighted by Gasteiger charge is 2.28. The van der Waals surface area contributed by atoms with Crippen molar-refractivity contribution in [2.24, 2.45) is 0 Å². The van der Waals surface area contributed by atoms with Gasteiger partial charge in [0.1, 0.15) is 6.17 Å². The van der Waals surface area contributed by atoms with Crippen LogP contribution in [0.25, 0.3) is 16.3 Å². The second-order valence-electron chi connectivity index (χ2n) is 7.56. The van der Waals surface area contributed by atoms with E-state index in [1.807, 2.05) is 24.3 Å². The standard InChI is InChI=1S/C23H20FN5O2/c24-16-8-12-28(13-9-16)23(31)21-27-20(19-6-1-2-11-29(19)21)22(30)26-18-5-3-4-15-14-25-10-7-17(15)18/h1-7,10-11,14,16H,8-9,12-13H2,(H,26,30). The number of carbonyl (C=O) groups is 2. The number of anilines is 1. The first-order chi connectivity index (χ1) is 15.1. The van der Waals surface area contributed by atoms with E-state index in [4.69, 9.17) is 0 Å². The van der Waals surface area contributed by atoms with Gasteiger partial charge in [-0.1, -0.05) is 18.2 Å². The molecule has 1 saturated heterocycles. The van der Waals surface area contributed by atoms with Gasteiger partial charge in [-0.05, 0) is 37.1 Å². The molecule has 1 aliphatic heterocycles. The maximum Gasteiger partial charge on any atom is 0.290 e. The van der Waals surface area contributed by atoms with Crippen LogP contribution in [-0.4, -0.2) is 50.3 Å². The largest absolute Gasteiger partial charge is 0.336 e. The molecule has 8 heteroatoms. The molecule has 156 valence electrons. The van der Waals surface area contributed by atoms with E-state index in [0.29, 0.717) is 37.1 Å². The van der Waals surface area contributed by atoms with Gasteiger partial charge in [-0.3, -0.25) is 19.0 Å². The summed E-state index contributed by atoms with van der Waals surface area (Å²) in [5.41, 5.74) is 1.33. The van der Waals surface area contributed by atoms with E-state index in [0.717, 1.165) is 10.8 Å². The number of aromatic nitrogens is 3. The summed E-state index contributed by atoms with van der Waals surface area (Å²) in [4.78, 5) is 36.3. The Labute approximate surface area is 177 Å². The van der Waals surface area contributed by atoms with E-state index in [-0.39, 0.29) is 17.4 Å². The lowest BCUT2D eigenvalue weighted by molar-refractivity contribution is 0.0654. The van der Waals surface area contributed by atoms with Crippen molar-refractivity contribution in [2.75, 3.05) is 18.4 Å². The predicted molar refractivity (Wildman–Crippen MR) is 115 cm³/mol. The van der Waals surface area contributed by atoms with Crippen LogP contribution >= 0.6 is 0 Å². The van der Waals surface area contributed by atoms with Crippen LogP contribution in [0.4, 0.5) is 10.1 Å². The molecule has 0 saturated carbocycles. The van der Waals surface area contributed by atoms with Crippen LogP contribution in [0.3, 0.4) is 0 Å². The summed E-state index contributed by atoms with van der Waals surface area (Å²) in [7, 11) is 0. The summed E-state index contributed by atoms with van der Waals surface area (Å²) in [6.07, 6.45) is 4.86. The zero-order valence-corrected chi connectivity index (χ0v) is 16.7. The van der Waals surface area contributed by atoms with Crippen molar-refractivity contribution in [1.82, 2.24) is 19.3 Å². The number of rotatable bonds is 3. The quantitative estimate of drug-likeness (QED) is 0.551. The summed E-state index contributed by atoms with van der Waals surface area (Å²) in [5.74, 6) is -0.557. The maximum atomic E-state index is 13.5. The van der Waals surface area contributed by atoms with E-state index in [1.54, 1.807) is 46.1 Å². The number of fused-ring (bicyclic) bond motifs is 2. The Morgan fingerprint density at radius 1 is 1.06 bits per heavy atom. The minimum Gasteiger partial charge on any atom is -0.336 e. The molecule has 5 rings (SSSR count). The Kier molecular flexibility index (Phi) is 4.82. The number of halogens is 1. The van der Waals surface area contributed by atoms with Crippen molar-refractivity contribution in [3.05, 3.63) is 72.6 Å². The summed E-state index contributed by atoms with van der Waals surface area (Å²) < 4.78 is 15.1. The highest BCUT2D eigenvalue weighted by molar-refractivity contribution is 6.12. The van der Waals surface area contributed by atoms with Crippen molar-refractivity contribution in [3.8, 4) is 0 Å². The number of nitrogens with zero attached hydrogens (tertiary/aromatic N) is 4. The van der Waals surface area contributed by atoms with Gasteiger partial charge in [0.25, 0.3) is 11.8 Å². The smallest absolute Gasteiger partial charge is 0.290 e. The third-order valence-electron chi connectivity index (χ3n) is 5.60. The third-order valence-corrected chi connectivity index (χ3v) is 5.60. The minimum absolute atomic E-state index is 0.153. The first kappa shape index (κ1) is 19.2. The number of imidazole rings is 1. The molecule has 0 unspecified atom stereocenters. The van der Waals surface area contributed by atoms with E-state index in [9.17, 15) is 14.0 Å². The lowest BCUT2D eigenvalue weighted by atomic mass is 10.1. The molecule has 0 aliphatic carbocycles. The summed E-state index contributed by atoms with van der Waals surface area (Å²) >= 11 is 0. The molecule has 0 bridgehead atoms. The van der Waals surface area contributed by atoms with Crippen LogP contribution in [0, 0.1) is 0 Å². The number of hydrogen-bond acceptors (Lipinski definition) is 4. The lowest BCUT2D eigenvalue weighted by Crippen LogP contribution is -2.39. The fourth-order valence-electron chi connectivity index (χ4n) is 3.96. The number of piperidine rings is 1. The van der Waals surface area contributed by atoms with Crippen LogP contribution in [-0.2, 0) is 0 Å². The number of amides is 2. The second kappa shape index (κ2) is 7.79. The molecule has 7 nitrogen and oxygen atoms in total. The number of benzene rings is 1. The number of carbonyl (C=O) groups excluding carboxylic acids is 2. The Morgan fingerprint density at radius 2 is 1.90 bits per heavy atom. The molecular weight excluding hydrogens is 397 g/mol. The van der Waals surface area contributed by atoms with E-state index in [2.05, 4.69) is 15.3 Å². The molecule has 0 spiro atoms. The molecule has 4 aromatic rings. The Hall–Kier alpha value is -3.81. The van der Waals surface area contributed by atoms with Gasteiger partial charge in [0, 0.05) is 48.1 Å². The maximum absolute atomic E-state index is 13.5. The first-order valence-corrected chi connectivity index (χ1v) is 10.2. The van der Waals surface area contributed by atoms with Gasteiger partial charge in [0.05, 0.1) is 5.52 Å². The minimum atomic E-state index is -0.877. The molecule has 2 amide bonds. The van der Waals surface area contributed by atoms with E-state index in [1.165, 1.54) is 0 Å². The molecule has 0 radical (unpaired) electrons. The molecule has 3 aromatic heterocycles. The van der Waals surface area contributed by atoms with Crippen molar-refractivity contribution in [2.45, 2.75) is 19.0 Å². The zero-order valence-electron chi connectivity index (χ0n) is 16.7. The monoisotopic (exact) mass is 417 g/mol. The average molecular weight is 417 g/mol. The highest BCUT2D eigenvalue weighted by atomic mass is 19.1. The van der Waals surface area contributed by atoms with E-state index < -0.39 is 12.1 Å². The van der Waals surface area contributed by atoms with Gasteiger partial charge in [-0.25, -0.2) is 9.37 Å². The van der Waals surface area contributed by atoms with Crippen molar-refractivity contribution < 1.29 is 14.0 Å². The Bertz CT molecular complexity index is 1290. The molecule has 4 heterocycles. The molecular formula is C23H20FN5O2.